The molecular formula is C12H18N4O3. The maximum absolute atomic E-state index is 11.7. The second-order valence-electron chi connectivity index (χ2n) is 5.16. The van der Waals surface area contributed by atoms with Crippen molar-refractivity contribution >= 4 is 11.8 Å². The molecule has 19 heavy (non-hydrogen) atoms. The summed E-state index contributed by atoms with van der Waals surface area (Å²) < 4.78 is 1.06. The van der Waals surface area contributed by atoms with Crippen LogP contribution in [0.1, 0.15) is 31.3 Å². The van der Waals surface area contributed by atoms with Gasteiger partial charge >= 0.3 is 0 Å². The lowest BCUT2D eigenvalue weighted by Gasteiger charge is -2.20. The monoisotopic (exact) mass is 266 g/mol. The maximum Gasteiger partial charge on any atom is 0.272 e. The average molecular weight is 266 g/mol. The smallest absolute Gasteiger partial charge is 0.272 e. The number of rotatable bonds is 3. The standard InChI is InChI=1S/C12H18N4O3/c1-12(2,3)14-9(17)7-13-11(19)8-5-6-10(18)16(4)15-8/h5-6H,7H2,1-4H3,(H,13,19)(H,14,17). The first kappa shape index (κ1) is 14.9. The second-order valence-corrected chi connectivity index (χ2v) is 5.16. The molecule has 0 atom stereocenters. The minimum absolute atomic E-state index is 0.0886. The van der Waals surface area contributed by atoms with E-state index in [9.17, 15) is 14.4 Å². The Kier molecular flexibility index (Phi) is 4.42. The van der Waals surface area contributed by atoms with Crippen molar-refractivity contribution in [3.05, 3.63) is 28.2 Å². The zero-order chi connectivity index (χ0) is 14.6. The molecule has 2 amide bonds. The summed E-state index contributed by atoms with van der Waals surface area (Å²) in [6.45, 7) is 5.41. The minimum atomic E-state index is -0.500. The SMILES string of the molecule is Cn1nc(C(=O)NCC(=O)NC(C)(C)C)ccc1=O. The van der Waals surface area contributed by atoms with Crippen LogP contribution in [0.25, 0.3) is 0 Å². The van der Waals surface area contributed by atoms with E-state index in [2.05, 4.69) is 15.7 Å². The highest BCUT2D eigenvalue weighted by Crippen LogP contribution is 1.97. The average Bonchev–Trinajstić information content (AvgIpc) is 2.27. The van der Waals surface area contributed by atoms with E-state index in [1.165, 1.54) is 19.2 Å². The van der Waals surface area contributed by atoms with E-state index >= 15 is 0 Å². The van der Waals surface area contributed by atoms with Crippen LogP contribution in [0.5, 0.6) is 0 Å². The topological polar surface area (TPSA) is 93.1 Å². The largest absolute Gasteiger partial charge is 0.350 e. The number of hydrogen-bond acceptors (Lipinski definition) is 4. The molecule has 7 nitrogen and oxygen atoms in total. The molecule has 0 saturated heterocycles. The number of aromatic nitrogens is 2. The van der Waals surface area contributed by atoms with Gasteiger partial charge in [-0.1, -0.05) is 0 Å². The van der Waals surface area contributed by atoms with E-state index in [1.807, 2.05) is 20.8 Å². The fraction of sp³-hybridized carbons (Fsp3) is 0.500. The molecule has 0 fully saturated rings. The molecule has 0 aliphatic carbocycles. The molecule has 1 aromatic heterocycles. The van der Waals surface area contributed by atoms with Gasteiger partial charge in [-0.3, -0.25) is 14.4 Å². The minimum Gasteiger partial charge on any atom is -0.350 e. The van der Waals surface area contributed by atoms with Crippen LogP contribution in [0.4, 0.5) is 0 Å². The lowest BCUT2D eigenvalue weighted by atomic mass is 10.1. The molecule has 0 spiro atoms. The normalized spacial score (nSPS) is 10.9. The molecule has 1 heterocycles. The predicted molar refractivity (Wildman–Crippen MR) is 69.7 cm³/mol. The van der Waals surface area contributed by atoms with Crippen molar-refractivity contribution in [2.75, 3.05) is 6.54 Å². The maximum atomic E-state index is 11.7. The number of carbonyl (C=O) groups is 2. The Labute approximate surface area is 111 Å². The van der Waals surface area contributed by atoms with Crippen LogP contribution in [-0.2, 0) is 11.8 Å². The van der Waals surface area contributed by atoms with Gasteiger partial charge in [-0.2, -0.15) is 5.10 Å². The first-order chi connectivity index (χ1) is 8.69. The highest BCUT2D eigenvalue weighted by molar-refractivity contribution is 5.94. The van der Waals surface area contributed by atoms with Crippen LogP contribution in [0.2, 0.25) is 0 Å². The Balaban J connectivity index is 2.58. The fourth-order valence-electron chi connectivity index (χ4n) is 1.34. The van der Waals surface area contributed by atoms with Gasteiger partial charge < -0.3 is 10.6 Å². The van der Waals surface area contributed by atoms with Gasteiger partial charge in [-0.25, -0.2) is 4.68 Å². The lowest BCUT2D eigenvalue weighted by molar-refractivity contribution is -0.121. The molecule has 0 unspecified atom stereocenters. The summed E-state index contributed by atoms with van der Waals surface area (Å²) in [5.41, 5.74) is -0.566. The van der Waals surface area contributed by atoms with Crippen LogP contribution in [0, 0.1) is 0 Å². The fourth-order valence-corrected chi connectivity index (χ4v) is 1.34. The predicted octanol–water partition coefficient (Wildman–Crippen LogP) is -0.575. The van der Waals surface area contributed by atoms with E-state index < -0.39 is 5.91 Å². The zero-order valence-electron chi connectivity index (χ0n) is 11.5. The van der Waals surface area contributed by atoms with Crippen molar-refractivity contribution in [1.82, 2.24) is 20.4 Å². The summed E-state index contributed by atoms with van der Waals surface area (Å²) in [6, 6.07) is 2.57. The van der Waals surface area contributed by atoms with Crippen molar-refractivity contribution in [2.24, 2.45) is 7.05 Å². The van der Waals surface area contributed by atoms with Gasteiger partial charge in [0, 0.05) is 18.7 Å². The Morgan fingerprint density at radius 3 is 2.47 bits per heavy atom. The van der Waals surface area contributed by atoms with Crippen molar-refractivity contribution in [3.63, 3.8) is 0 Å². The van der Waals surface area contributed by atoms with Crippen molar-refractivity contribution in [2.45, 2.75) is 26.3 Å². The van der Waals surface area contributed by atoms with Gasteiger partial charge in [0.1, 0.15) is 5.69 Å². The Bertz CT molecular complexity index is 543. The van der Waals surface area contributed by atoms with Crippen LogP contribution < -0.4 is 16.2 Å². The summed E-state index contributed by atoms with van der Waals surface area (Å²) in [5, 5.41) is 8.94. The van der Waals surface area contributed by atoms with Crippen molar-refractivity contribution in [1.29, 1.82) is 0 Å². The van der Waals surface area contributed by atoms with Gasteiger partial charge in [0.2, 0.25) is 5.91 Å². The van der Waals surface area contributed by atoms with Gasteiger partial charge in [0.15, 0.2) is 0 Å². The van der Waals surface area contributed by atoms with Crippen LogP contribution >= 0.6 is 0 Å². The molecule has 0 bridgehead atoms. The molecule has 104 valence electrons. The molecule has 7 heteroatoms. The number of hydrogen-bond donors (Lipinski definition) is 2. The first-order valence-electron chi connectivity index (χ1n) is 5.82. The van der Waals surface area contributed by atoms with E-state index in [0.717, 1.165) is 4.68 Å². The van der Waals surface area contributed by atoms with Crippen molar-refractivity contribution < 1.29 is 9.59 Å². The number of nitrogens with zero attached hydrogens (tertiary/aromatic N) is 2. The number of carbonyl (C=O) groups excluding carboxylic acids is 2. The molecule has 1 rings (SSSR count). The molecule has 0 radical (unpaired) electrons. The lowest BCUT2D eigenvalue weighted by Crippen LogP contribution is -2.46. The number of aryl methyl sites for hydroxylation is 1. The quantitative estimate of drug-likeness (QED) is 0.766. The molecule has 0 aliphatic heterocycles. The Hall–Kier alpha value is -2.18. The van der Waals surface area contributed by atoms with Gasteiger partial charge in [-0.15, -0.1) is 0 Å². The number of nitrogens with one attached hydrogen (secondary N) is 2. The third-order valence-electron chi connectivity index (χ3n) is 2.12. The third-order valence-corrected chi connectivity index (χ3v) is 2.12. The summed E-state index contributed by atoms with van der Waals surface area (Å²) >= 11 is 0. The third kappa shape index (κ3) is 4.90. The molecule has 0 aliphatic rings. The summed E-state index contributed by atoms with van der Waals surface area (Å²) in [4.78, 5) is 34.3. The Morgan fingerprint density at radius 2 is 1.95 bits per heavy atom. The van der Waals surface area contributed by atoms with Gasteiger partial charge in [-0.05, 0) is 26.8 Å². The van der Waals surface area contributed by atoms with Gasteiger partial charge in [0.05, 0.1) is 6.54 Å². The first-order valence-corrected chi connectivity index (χ1v) is 5.82. The molecule has 1 aromatic rings. The molecule has 2 N–H and O–H groups in total. The summed E-state index contributed by atoms with van der Waals surface area (Å²) in [5.74, 6) is -0.787. The van der Waals surface area contributed by atoms with Crippen LogP contribution in [0.3, 0.4) is 0 Å². The molecule has 0 saturated carbocycles. The van der Waals surface area contributed by atoms with E-state index in [0.29, 0.717) is 0 Å². The van der Waals surface area contributed by atoms with Crippen LogP contribution in [-0.4, -0.2) is 33.7 Å². The van der Waals surface area contributed by atoms with E-state index in [4.69, 9.17) is 0 Å². The molecule has 0 aromatic carbocycles. The van der Waals surface area contributed by atoms with E-state index in [-0.39, 0.29) is 29.2 Å². The zero-order valence-corrected chi connectivity index (χ0v) is 11.5. The Morgan fingerprint density at radius 1 is 1.32 bits per heavy atom. The van der Waals surface area contributed by atoms with Crippen LogP contribution in [0.15, 0.2) is 16.9 Å². The summed E-state index contributed by atoms with van der Waals surface area (Å²) in [7, 11) is 1.45. The highest BCUT2D eigenvalue weighted by Gasteiger charge is 2.15. The molecular weight excluding hydrogens is 248 g/mol. The highest BCUT2D eigenvalue weighted by atomic mass is 16.2. The number of amides is 2. The van der Waals surface area contributed by atoms with E-state index in [1.54, 1.807) is 0 Å². The van der Waals surface area contributed by atoms with Crippen molar-refractivity contribution in [3.8, 4) is 0 Å². The second kappa shape index (κ2) is 5.64. The van der Waals surface area contributed by atoms with Gasteiger partial charge in [0.25, 0.3) is 11.5 Å². The summed E-state index contributed by atoms with van der Waals surface area (Å²) in [6.07, 6.45) is 0.